The standard InChI is InChI=1S/C33H34F5N7O3S/c1-3-23(46)45-9-6-18(15-45)43(2)29-20-14-21(33(36,37)38)24(19-4-5-22(34)28-27(19)40-30(39)49-28)25(35)26(20)41-31(42-29)48-17-32(7-8-32)16-44-10-12-47-13-11-44/h3-5,14,18H,1,6-13,15-17H2,2H3,(H2,39,40). The number of thiazole rings is 1. The van der Waals surface area contributed by atoms with Crippen molar-refractivity contribution >= 4 is 49.3 Å². The Morgan fingerprint density at radius 3 is 2.63 bits per heavy atom. The maximum absolute atomic E-state index is 16.9. The molecule has 1 saturated carbocycles. The molecule has 1 amide bonds. The van der Waals surface area contributed by atoms with Crippen LogP contribution in [0.5, 0.6) is 6.01 Å². The lowest BCUT2D eigenvalue weighted by molar-refractivity contribution is -0.137. The molecule has 2 aliphatic heterocycles. The van der Waals surface area contributed by atoms with Gasteiger partial charge in [0.25, 0.3) is 0 Å². The van der Waals surface area contributed by atoms with Gasteiger partial charge in [0.1, 0.15) is 17.2 Å². The molecule has 260 valence electrons. The molecule has 0 radical (unpaired) electrons. The van der Waals surface area contributed by atoms with Crippen LogP contribution in [0.15, 0.2) is 30.9 Å². The maximum atomic E-state index is 16.9. The van der Waals surface area contributed by atoms with Gasteiger partial charge in [0.15, 0.2) is 10.9 Å². The number of carbonyl (C=O) groups excluding carboxylic acids is 1. The smallest absolute Gasteiger partial charge is 0.417 e. The first-order chi connectivity index (χ1) is 23.4. The zero-order chi connectivity index (χ0) is 34.7. The Morgan fingerprint density at radius 2 is 1.94 bits per heavy atom. The summed E-state index contributed by atoms with van der Waals surface area (Å²) in [6, 6.07) is 2.31. The number of aromatic nitrogens is 3. The van der Waals surface area contributed by atoms with Crippen LogP contribution in [-0.4, -0.2) is 96.3 Å². The molecule has 2 saturated heterocycles. The van der Waals surface area contributed by atoms with E-state index in [1.807, 2.05) is 0 Å². The molecule has 3 aliphatic rings. The van der Waals surface area contributed by atoms with Crippen LogP contribution in [0, 0.1) is 17.0 Å². The molecule has 16 heteroatoms. The van der Waals surface area contributed by atoms with Gasteiger partial charge in [-0.3, -0.25) is 9.69 Å². The molecule has 2 N–H and O–H groups in total. The molecule has 7 rings (SSSR count). The number of rotatable bonds is 9. The summed E-state index contributed by atoms with van der Waals surface area (Å²) in [5, 5.41) is -0.271. The summed E-state index contributed by atoms with van der Waals surface area (Å²) in [6.45, 7) is 8.10. The first kappa shape index (κ1) is 33.4. The minimum atomic E-state index is -5.03. The number of hydrogen-bond acceptors (Lipinski definition) is 10. The second-order valence-corrected chi connectivity index (χ2v) is 13.9. The topological polar surface area (TPSA) is 110 Å². The fourth-order valence-corrected chi connectivity index (χ4v) is 7.51. The van der Waals surface area contributed by atoms with Crippen molar-refractivity contribution in [2.45, 2.75) is 31.5 Å². The molecule has 4 aromatic rings. The summed E-state index contributed by atoms with van der Waals surface area (Å²) < 4.78 is 87.6. The third kappa shape index (κ3) is 6.36. The van der Waals surface area contributed by atoms with Crippen molar-refractivity contribution in [3.63, 3.8) is 0 Å². The van der Waals surface area contributed by atoms with Crippen molar-refractivity contribution in [2.75, 3.05) is 70.2 Å². The number of anilines is 2. The van der Waals surface area contributed by atoms with E-state index in [1.54, 1.807) is 16.8 Å². The van der Waals surface area contributed by atoms with Crippen LogP contribution in [0.4, 0.5) is 32.9 Å². The van der Waals surface area contributed by atoms with Crippen molar-refractivity contribution in [1.82, 2.24) is 24.8 Å². The van der Waals surface area contributed by atoms with E-state index in [0.717, 1.165) is 62.0 Å². The number of ether oxygens (including phenoxy) is 2. The normalized spacial score (nSPS) is 19.5. The van der Waals surface area contributed by atoms with Gasteiger partial charge in [-0.25, -0.2) is 13.8 Å². The summed E-state index contributed by atoms with van der Waals surface area (Å²) >= 11 is 0.755. The van der Waals surface area contributed by atoms with Crippen LogP contribution in [0.3, 0.4) is 0 Å². The molecule has 1 aliphatic carbocycles. The van der Waals surface area contributed by atoms with Crippen molar-refractivity contribution in [3.05, 3.63) is 48.1 Å². The van der Waals surface area contributed by atoms with E-state index in [2.05, 4.69) is 26.4 Å². The van der Waals surface area contributed by atoms with Gasteiger partial charge in [-0.15, -0.1) is 0 Å². The number of hydrogen-bond donors (Lipinski definition) is 1. The maximum Gasteiger partial charge on any atom is 0.417 e. The number of alkyl halides is 3. The number of carbonyl (C=O) groups is 1. The Bertz CT molecular complexity index is 1940. The first-order valence-electron chi connectivity index (χ1n) is 15.9. The van der Waals surface area contributed by atoms with Crippen LogP contribution < -0.4 is 15.4 Å². The quantitative estimate of drug-likeness (QED) is 0.179. The molecule has 3 fully saturated rings. The first-order valence-corrected chi connectivity index (χ1v) is 16.7. The van der Waals surface area contributed by atoms with Crippen LogP contribution >= 0.6 is 11.3 Å². The number of nitrogen functional groups attached to an aromatic ring is 1. The molecule has 0 spiro atoms. The number of benzene rings is 2. The highest BCUT2D eigenvalue weighted by atomic mass is 32.1. The van der Waals surface area contributed by atoms with E-state index < -0.39 is 34.5 Å². The van der Waals surface area contributed by atoms with Crippen molar-refractivity contribution in [2.24, 2.45) is 5.41 Å². The monoisotopic (exact) mass is 703 g/mol. The fourth-order valence-electron chi connectivity index (χ4n) is 6.74. The van der Waals surface area contributed by atoms with E-state index in [4.69, 9.17) is 15.2 Å². The number of nitrogens with two attached hydrogens (primary N) is 1. The number of amides is 1. The summed E-state index contributed by atoms with van der Waals surface area (Å²) in [5.41, 5.74) is 2.65. The molecular formula is C33H34F5N7O3S. The fraction of sp³-hybridized carbons (Fsp3) is 0.455. The second kappa shape index (κ2) is 12.6. The number of halogens is 5. The minimum Gasteiger partial charge on any atom is -0.463 e. The summed E-state index contributed by atoms with van der Waals surface area (Å²) in [7, 11) is 1.64. The minimum absolute atomic E-state index is 0.0223. The molecule has 2 aromatic heterocycles. The van der Waals surface area contributed by atoms with E-state index in [0.29, 0.717) is 26.2 Å². The lowest BCUT2D eigenvalue weighted by atomic mass is 9.95. The van der Waals surface area contributed by atoms with Gasteiger partial charge in [-0.1, -0.05) is 17.9 Å². The highest BCUT2D eigenvalue weighted by Crippen LogP contribution is 2.48. The molecule has 1 unspecified atom stereocenters. The molecule has 4 heterocycles. The highest BCUT2D eigenvalue weighted by molar-refractivity contribution is 7.22. The molecule has 1 atom stereocenters. The number of likely N-dealkylation sites (N-methyl/N-ethyl adjacent to an activating group) is 1. The number of fused-ring (bicyclic) bond motifs is 2. The van der Waals surface area contributed by atoms with Gasteiger partial charge in [-0.2, -0.15) is 23.1 Å². The second-order valence-electron chi connectivity index (χ2n) is 12.9. The number of morpholine rings is 1. The lowest BCUT2D eigenvalue weighted by Gasteiger charge is -2.30. The molecule has 0 bridgehead atoms. The Kier molecular flexibility index (Phi) is 8.59. The SMILES string of the molecule is C=CC(=O)N1CCC(N(C)c2nc(OCC3(CN4CCOCC4)CC3)nc3c(F)c(-c4ccc(F)c5sc(N)nc45)c(C(F)(F)F)cc23)C1. The predicted molar refractivity (Wildman–Crippen MR) is 175 cm³/mol. The van der Waals surface area contributed by atoms with Gasteiger partial charge < -0.3 is 25.0 Å². The Balaban J connectivity index is 1.35. The largest absolute Gasteiger partial charge is 0.463 e. The van der Waals surface area contributed by atoms with Gasteiger partial charge >= 0.3 is 12.2 Å². The zero-order valence-corrected chi connectivity index (χ0v) is 27.5. The van der Waals surface area contributed by atoms with E-state index in [-0.39, 0.29) is 68.6 Å². The van der Waals surface area contributed by atoms with Crippen molar-refractivity contribution in [3.8, 4) is 17.1 Å². The van der Waals surface area contributed by atoms with Crippen LogP contribution in [0.1, 0.15) is 24.8 Å². The molecule has 49 heavy (non-hydrogen) atoms. The predicted octanol–water partition coefficient (Wildman–Crippen LogP) is 5.50. The Labute approximate surface area is 282 Å². The average Bonchev–Trinajstić information content (AvgIpc) is 3.45. The third-order valence-corrected chi connectivity index (χ3v) is 10.5. The average molecular weight is 704 g/mol. The molecular weight excluding hydrogens is 669 g/mol. The van der Waals surface area contributed by atoms with Crippen molar-refractivity contribution < 1.29 is 36.2 Å². The lowest BCUT2D eigenvalue weighted by Crippen LogP contribution is -2.41. The van der Waals surface area contributed by atoms with E-state index >= 15 is 4.39 Å². The Hall–Kier alpha value is -4.15. The molecule has 10 nitrogen and oxygen atoms in total. The Morgan fingerprint density at radius 1 is 1.18 bits per heavy atom. The van der Waals surface area contributed by atoms with Gasteiger partial charge in [0.2, 0.25) is 5.91 Å². The summed E-state index contributed by atoms with van der Waals surface area (Å²) in [4.78, 5) is 30.8. The van der Waals surface area contributed by atoms with Crippen LogP contribution in [0.25, 0.3) is 32.2 Å². The summed E-state index contributed by atoms with van der Waals surface area (Å²) in [6.07, 6.45) is -1.52. The van der Waals surface area contributed by atoms with E-state index in [1.165, 1.54) is 6.08 Å². The van der Waals surface area contributed by atoms with Gasteiger partial charge in [0.05, 0.1) is 35.6 Å². The highest BCUT2D eigenvalue weighted by Gasteiger charge is 2.45. The van der Waals surface area contributed by atoms with Crippen LogP contribution in [0.2, 0.25) is 0 Å². The third-order valence-electron chi connectivity index (χ3n) is 9.64. The van der Waals surface area contributed by atoms with Crippen LogP contribution in [-0.2, 0) is 15.7 Å². The zero-order valence-electron chi connectivity index (χ0n) is 26.7. The van der Waals surface area contributed by atoms with Gasteiger partial charge in [0, 0.05) is 67.7 Å². The number of nitrogens with zero attached hydrogens (tertiary/aromatic N) is 6. The number of likely N-dealkylation sites (tertiary alicyclic amines) is 1. The van der Waals surface area contributed by atoms with E-state index in [9.17, 15) is 22.4 Å². The summed E-state index contributed by atoms with van der Waals surface area (Å²) in [5.74, 6) is -2.27. The van der Waals surface area contributed by atoms with Gasteiger partial charge in [-0.05, 0) is 43.5 Å². The molecule has 2 aromatic carbocycles. The van der Waals surface area contributed by atoms with Crippen molar-refractivity contribution in [1.29, 1.82) is 0 Å².